The van der Waals surface area contributed by atoms with Gasteiger partial charge in [-0.3, -0.25) is 9.48 Å². The average Bonchev–Trinajstić information content (AvgIpc) is 3.45. The van der Waals surface area contributed by atoms with Gasteiger partial charge < -0.3 is 20.5 Å². The maximum atomic E-state index is 12.4. The minimum Gasteiger partial charge on any atom is -0.478 e. The molecule has 0 radical (unpaired) electrons. The summed E-state index contributed by atoms with van der Waals surface area (Å²) in [6.45, 7) is 0.673. The number of aromatic nitrogens is 2. The van der Waals surface area contributed by atoms with Crippen molar-refractivity contribution in [1.29, 1.82) is 0 Å². The van der Waals surface area contributed by atoms with E-state index in [-0.39, 0.29) is 42.4 Å². The maximum absolute atomic E-state index is 12.4. The second-order valence-electron chi connectivity index (χ2n) is 8.96. The third-order valence-electron chi connectivity index (χ3n) is 6.83. The molecule has 5 rings (SSSR count). The van der Waals surface area contributed by atoms with E-state index in [1.807, 2.05) is 24.3 Å². The van der Waals surface area contributed by atoms with Crippen LogP contribution in [0.25, 0.3) is 11.1 Å². The zero-order valence-corrected chi connectivity index (χ0v) is 19.2. The van der Waals surface area contributed by atoms with Crippen molar-refractivity contribution in [1.82, 2.24) is 20.4 Å². The first-order chi connectivity index (χ1) is 16.9. The number of alkyl carbamates (subject to hydrolysis) is 1. The van der Waals surface area contributed by atoms with Gasteiger partial charge in [-0.2, -0.15) is 5.10 Å². The van der Waals surface area contributed by atoms with Crippen molar-refractivity contribution in [2.75, 3.05) is 13.2 Å². The molecular weight excluding hydrogens is 448 g/mol. The highest BCUT2D eigenvalue weighted by Crippen LogP contribution is 2.44. The van der Waals surface area contributed by atoms with Crippen LogP contribution in [0.4, 0.5) is 4.79 Å². The Morgan fingerprint density at radius 1 is 1.06 bits per heavy atom. The second kappa shape index (κ2) is 9.25. The third-order valence-corrected chi connectivity index (χ3v) is 6.83. The smallest absolute Gasteiger partial charge is 0.407 e. The van der Waals surface area contributed by atoms with Crippen molar-refractivity contribution >= 4 is 18.0 Å². The van der Waals surface area contributed by atoms with Gasteiger partial charge in [0, 0.05) is 25.4 Å². The molecule has 0 bridgehead atoms. The van der Waals surface area contributed by atoms with Gasteiger partial charge in [-0.05, 0) is 34.6 Å². The van der Waals surface area contributed by atoms with Crippen molar-refractivity contribution in [2.45, 2.75) is 18.9 Å². The summed E-state index contributed by atoms with van der Waals surface area (Å²) >= 11 is 0. The van der Waals surface area contributed by atoms with E-state index < -0.39 is 12.1 Å². The van der Waals surface area contributed by atoms with E-state index in [9.17, 15) is 19.5 Å². The summed E-state index contributed by atoms with van der Waals surface area (Å²) in [6, 6.07) is 16.3. The van der Waals surface area contributed by atoms with Crippen LogP contribution in [0.1, 0.15) is 39.5 Å². The molecule has 3 N–H and O–H groups in total. The Labute approximate surface area is 202 Å². The molecule has 180 valence electrons. The van der Waals surface area contributed by atoms with Crippen molar-refractivity contribution in [3.8, 4) is 11.1 Å². The lowest BCUT2D eigenvalue weighted by atomic mass is 9.98. The minimum atomic E-state index is -1.08. The lowest BCUT2D eigenvalue weighted by Crippen LogP contribution is -2.31. The molecule has 0 saturated heterocycles. The van der Waals surface area contributed by atoms with Gasteiger partial charge in [0.2, 0.25) is 5.91 Å². The maximum Gasteiger partial charge on any atom is 0.407 e. The molecule has 1 heterocycles. The SMILES string of the molecule is Cn1ncc(C(=O)O)c1CNC(=O)[C@@H]1C[C@@H]1CNC(=O)OCC1c2ccccc2-c2ccccc21. The number of nitrogens with zero attached hydrogens (tertiary/aromatic N) is 2. The number of fused-ring (bicyclic) bond motifs is 3. The number of aromatic carboxylic acids is 1. The van der Waals surface area contributed by atoms with E-state index in [4.69, 9.17) is 4.74 Å². The first-order valence-electron chi connectivity index (χ1n) is 11.5. The van der Waals surface area contributed by atoms with Crippen molar-refractivity contribution in [2.24, 2.45) is 18.9 Å². The number of carboxylic acids is 1. The number of hydrogen-bond acceptors (Lipinski definition) is 5. The number of carbonyl (C=O) groups excluding carboxylic acids is 2. The van der Waals surface area contributed by atoms with Crippen LogP contribution in [0.2, 0.25) is 0 Å². The summed E-state index contributed by atoms with van der Waals surface area (Å²) in [5, 5.41) is 18.7. The van der Waals surface area contributed by atoms with Gasteiger partial charge >= 0.3 is 12.1 Å². The van der Waals surface area contributed by atoms with Crippen LogP contribution in [0, 0.1) is 11.8 Å². The Balaban J connectivity index is 1.08. The normalized spacial score (nSPS) is 17.9. The molecule has 2 aromatic carbocycles. The Morgan fingerprint density at radius 2 is 1.71 bits per heavy atom. The molecule has 35 heavy (non-hydrogen) atoms. The number of nitrogens with one attached hydrogen (secondary N) is 2. The summed E-state index contributed by atoms with van der Waals surface area (Å²) in [4.78, 5) is 36.1. The zero-order chi connectivity index (χ0) is 24.5. The fourth-order valence-electron chi connectivity index (χ4n) is 4.81. The predicted octanol–water partition coefficient (Wildman–Crippen LogP) is 2.91. The second-order valence-corrected chi connectivity index (χ2v) is 8.96. The van der Waals surface area contributed by atoms with Gasteiger partial charge in [0.1, 0.15) is 12.2 Å². The Bertz CT molecular complexity index is 1250. The van der Waals surface area contributed by atoms with Crippen LogP contribution in [-0.4, -0.2) is 46.0 Å². The van der Waals surface area contributed by atoms with Crippen LogP contribution in [0.15, 0.2) is 54.7 Å². The number of benzene rings is 2. The van der Waals surface area contributed by atoms with E-state index >= 15 is 0 Å². The molecule has 1 saturated carbocycles. The van der Waals surface area contributed by atoms with Gasteiger partial charge in [0.05, 0.1) is 18.4 Å². The number of aryl methyl sites for hydroxylation is 1. The largest absolute Gasteiger partial charge is 0.478 e. The van der Waals surface area contributed by atoms with Gasteiger partial charge in [-0.1, -0.05) is 48.5 Å². The molecule has 3 aromatic rings. The summed E-state index contributed by atoms with van der Waals surface area (Å²) in [5.74, 6) is -1.44. The highest BCUT2D eigenvalue weighted by molar-refractivity contribution is 5.89. The van der Waals surface area contributed by atoms with Crippen LogP contribution in [0.3, 0.4) is 0 Å². The number of carbonyl (C=O) groups is 3. The molecule has 0 unspecified atom stereocenters. The molecule has 2 aliphatic carbocycles. The Hall–Kier alpha value is -4.14. The summed E-state index contributed by atoms with van der Waals surface area (Å²) in [5.41, 5.74) is 5.15. The molecule has 2 atom stereocenters. The predicted molar refractivity (Wildman–Crippen MR) is 127 cm³/mol. The molecule has 9 nitrogen and oxygen atoms in total. The van der Waals surface area contributed by atoms with Crippen LogP contribution < -0.4 is 10.6 Å². The van der Waals surface area contributed by atoms with E-state index in [0.717, 1.165) is 11.1 Å². The fourth-order valence-corrected chi connectivity index (χ4v) is 4.81. The van der Waals surface area contributed by atoms with E-state index in [1.54, 1.807) is 7.05 Å². The van der Waals surface area contributed by atoms with Crippen molar-refractivity contribution in [3.05, 3.63) is 77.1 Å². The van der Waals surface area contributed by atoms with Gasteiger partial charge in [0.15, 0.2) is 0 Å². The standard InChI is InChI=1S/C26H26N4O5/c1-30-23(21(12-29-30)25(32)33)13-27-24(31)20-10-15(20)11-28-26(34)35-14-22-18-8-4-2-6-16(18)17-7-3-5-9-19(17)22/h2-9,12,15,20,22H,10-11,13-14H2,1H3,(H,27,31)(H,28,34)(H,32,33)/t15-,20-/m1/s1. The molecule has 2 amide bonds. The molecule has 9 heteroatoms. The topological polar surface area (TPSA) is 123 Å². The molecular formula is C26H26N4O5. The number of ether oxygens (including phenoxy) is 1. The summed E-state index contributed by atoms with van der Waals surface area (Å²) < 4.78 is 6.98. The molecule has 1 aromatic heterocycles. The highest BCUT2D eigenvalue weighted by Gasteiger charge is 2.43. The monoisotopic (exact) mass is 474 g/mol. The highest BCUT2D eigenvalue weighted by atomic mass is 16.5. The molecule has 0 aliphatic heterocycles. The van der Waals surface area contributed by atoms with Gasteiger partial charge in [-0.15, -0.1) is 0 Å². The van der Waals surface area contributed by atoms with Crippen molar-refractivity contribution in [3.63, 3.8) is 0 Å². The molecule has 1 fully saturated rings. The van der Waals surface area contributed by atoms with Crippen LogP contribution in [-0.2, 0) is 23.1 Å². The zero-order valence-electron chi connectivity index (χ0n) is 19.2. The van der Waals surface area contributed by atoms with Gasteiger partial charge in [0.25, 0.3) is 0 Å². The Morgan fingerprint density at radius 3 is 2.37 bits per heavy atom. The first-order valence-corrected chi connectivity index (χ1v) is 11.5. The van der Waals surface area contributed by atoms with E-state index in [2.05, 4.69) is 40.0 Å². The lowest BCUT2D eigenvalue weighted by molar-refractivity contribution is -0.122. The quantitative estimate of drug-likeness (QED) is 0.461. The fraction of sp³-hybridized carbons (Fsp3) is 0.308. The summed E-state index contributed by atoms with van der Waals surface area (Å²) in [6.07, 6.45) is 1.42. The number of carboxylic acid groups (broad SMARTS) is 1. The molecule has 0 spiro atoms. The summed E-state index contributed by atoms with van der Waals surface area (Å²) in [7, 11) is 1.63. The van der Waals surface area contributed by atoms with Crippen LogP contribution in [0.5, 0.6) is 0 Å². The Kier molecular flexibility index (Phi) is 5.98. The average molecular weight is 475 g/mol. The van der Waals surface area contributed by atoms with Crippen LogP contribution >= 0.6 is 0 Å². The number of amides is 2. The first kappa shape index (κ1) is 22.6. The van der Waals surface area contributed by atoms with E-state index in [0.29, 0.717) is 18.7 Å². The van der Waals surface area contributed by atoms with Gasteiger partial charge in [-0.25, -0.2) is 9.59 Å². The lowest BCUT2D eigenvalue weighted by Gasteiger charge is -2.14. The molecule has 2 aliphatic rings. The van der Waals surface area contributed by atoms with E-state index in [1.165, 1.54) is 22.0 Å². The number of rotatable bonds is 8. The van der Waals surface area contributed by atoms with Crippen molar-refractivity contribution < 1.29 is 24.2 Å². The minimum absolute atomic E-state index is 0.00435. The number of hydrogen-bond donors (Lipinski definition) is 3. The third kappa shape index (κ3) is 4.49.